The number of nitrogens with zero attached hydrogens (tertiary/aromatic N) is 3. The van der Waals surface area contributed by atoms with Gasteiger partial charge in [0.05, 0.1) is 16.6 Å². The van der Waals surface area contributed by atoms with Crippen molar-refractivity contribution in [3.63, 3.8) is 0 Å². The van der Waals surface area contributed by atoms with E-state index < -0.39 is 0 Å². The smallest absolute Gasteiger partial charge is 0.233 e. The molecule has 0 saturated carbocycles. The number of fused-ring (bicyclic) bond motifs is 1. The highest BCUT2D eigenvalue weighted by atomic mass is 32.1. The van der Waals surface area contributed by atoms with E-state index in [2.05, 4.69) is 23.7 Å². The highest BCUT2D eigenvalue weighted by Gasteiger charge is 2.21. The zero-order valence-corrected chi connectivity index (χ0v) is 16.8. The van der Waals surface area contributed by atoms with Crippen molar-refractivity contribution in [3.05, 3.63) is 59.7 Å². The Morgan fingerprint density at radius 2 is 1.68 bits per heavy atom. The van der Waals surface area contributed by atoms with Gasteiger partial charge in [-0.15, -0.1) is 0 Å². The van der Waals surface area contributed by atoms with E-state index in [1.807, 2.05) is 0 Å². The topological polar surface area (TPSA) is 36.4 Å². The highest BCUT2D eigenvalue weighted by molar-refractivity contribution is 7.22. The number of aromatic nitrogens is 1. The molecule has 1 amide bonds. The molecule has 3 rings (SSSR count). The predicted octanol–water partition coefficient (Wildman–Crippen LogP) is 4.49. The average Bonchev–Trinajstić information content (AvgIpc) is 3.09. The van der Waals surface area contributed by atoms with Gasteiger partial charge in [0.15, 0.2) is 5.13 Å². The Labute approximate surface area is 167 Å². The SMILES string of the molecule is CCN(CC)CCN(C(=O)Cc1ccc(F)cc1)c1nc2ccc(F)cc2s1. The van der Waals surface area contributed by atoms with Crippen molar-refractivity contribution in [3.8, 4) is 0 Å². The number of halogens is 2. The van der Waals surface area contributed by atoms with E-state index in [9.17, 15) is 13.6 Å². The molecule has 28 heavy (non-hydrogen) atoms. The van der Waals surface area contributed by atoms with E-state index in [4.69, 9.17) is 0 Å². The van der Waals surface area contributed by atoms with E-state index >= 15 is 0 Å². The van der Waals surface area contributed by atoms with Crippen LogP contribution in [0.4, 0.5) is 13.9 Å². The zero-order valence-electron chi connectivity index (χ0n) is 16.0. The number of carbonyl (C=O) groups excluding carboxylic acids is 1. The van der Waals surface area contributed by atoms with Crippen molar-refractivity contribution in [1.29, 1.82) is 0 Å². The summed E-state index contributed by atoms with van der Waals surface area (Å²) in [7, 11) is 0. The minimum Gasteiger partial charge on any atom is -0.302 e. The average molecular weight is 403 g/mol. The molecule has 0 fully saturated rings. The monoisotopic (exact) mass is 403 g/mol. The van der Waals surface area contributed by atoms with Crippen LogP contribution in [0.15, 0.2) is 42.5 Å². The maximum atomic E-state index is 13.5. The van der Waals surface area contributed by atoms with Crippen LogP contribution < -0.4 is 4.90 Å². The highest BCUT2D eigenvalue weighted by Crippen LogP contribution is 2.29. The number of likely N-dealkylation sites (N-methyl/N-ethyl adjacent to an activating group) is 1. The van der Waals surface area contributed by atoms with Crippen LogP contribution in [0.5, 0.6) is 0 Å². The van der Waals surface area contributed by atoms with Crippen LogP contribution in [0.2, 0.25) is 0 Å². The molecule has 1 aromatic heterocycles. The van der Waals surface area contributed by atoms with Crippen LogP contribution in [-0.2, 0) is 11.2 Å². The molecule has 4 nitrogen and oxygen atoms in total. The van der Waals surface area contributed by atoms with Gasteiger partial charge in [-0.3, -0.25) is 9.69 Å². The molecule has 0 aliphatic carbocycles. The molecule has 148 valence electrons. The molecule has 0 saturated heterocycles. The van der Waals surface area contributed by atoms with E-state index in [0.29, 0.717) is 28.4 Å². The second-order valence-corrected chi connectivity index (χ2v) is 7.49. The van der Waals surface area contributed by atoms with Gasteiger partial charge in [0.1, 0.15) is 11.6 Å². The van der Waals surface area contributed by atoms with Gasteiger partial charge in [0, 0.05) is 13.1 Å². The lowest BCUT2D eigenvalue weighted by Gasteiger charge is -2.24. The van der Waals surface area contributed by atoms with Gasteiger partial charge in [-0.2, -0.15) is 0 Å². The summed E-state index contributed by atoms with van der Waals surface area (Å²) in [6, 6.07) is 10.4. The van der Waals surface area contributed by atoms with Crippen LogP contribution in [0.3, 0.4) is 0 Å². The first-order valence-corrected chi connectivity index (χ1v) is 10.1. The van der Waals surface area contributed by atoms with Crippen molar-refractivity contribution in [1.82, 2.24) is 9.88 Å². The van der Waals surface area contributed by atoms with Gasteiger partial charge in [-0.25, -0.2) is 13.8 Å². The molecule has 0 N–H and O–H groups in total. The van der Waals surface area contributed by atoms with E-state index in [1.165, 1.54) is 35.6 Å². The minimum atomic E-state index is -0.331. The zero-order chi connectivity index (χ0) is 20.1. The van der Waals surface area contributed by atoms with Gasteiger partial charge in [-0.05, 0) is 49.0 Å². The number of hydrogen-bond donors (Lipinski definition) is 0. The lowest BCUT2D eigenvalue weighted by atomic mass is 10.1. The first-order valence-electron chi connectivity index (χ1n) is 9.33. The van der Waals surface area contributed by atoms with Crippen LogP contribution >= 0.6 is 11.3 Å². The largest absolute Gasteiger partial charge is 0.302 e. The van der Waals surface area contributed by atoms with Crippen LogP contribution in [0.25, 0.3) is 10.2 Å². The fourth-order valence-electron chi connectivity index (χ4n) is 2.98. The summed E-state index contributed by atoms with van der Waals surface area (Å²) >= 11 is 1.30. The number of rotatable bonds is 8. The number of benzene rings is 2. The van der Waals surface area contributed by atoms with E-state index in [1.54, 1.807) is 23.1 Å². The van der Waals surface area contributed by atoms with Gasteiger partial charge >= 0.3 is 0 Å². The van der Waals surface area contributed by atoms with Gasteiger partial charge in [-0.1, -0.05) is 37.3 Å². The molecule has 0 unspecified atom stereocenters. The second-order valence-electron chi connectivity index (χ2n) is 6.48. The Morgan fingerprint density at radius 1 is 1.00 bits per heavy atom. The quantitative estimate of drug-likeness (QED) is 0.556. The van der Waals surface area contributed by atoms with Gasteiger partial charge in [0.25, 0.3) is 0 Å². The maximum absolute atomic E-state index is 13.5. The summed E-state index contributed by atoms with van der Waals surface area (Å²) in [5, 5.41) is 0.555. The number of anilines is 1. The number of carbonyl (C=O) groups is 1. The van der Waals surface area contributed by atoms with E-state index in [-0.39, 0.29) is 24.0 Å². The molecule has 3 aromatic rings. The van der Waals surface area contributed by atoms with E-state index in [0.717, 1.165) is 18.7 Å². The second kappa shape index (κ2) is 9.21. The van der Waals surface area contributed by atoms with Crippen molar-refractivity contribution in [2.75, 3.05) is 31.1 Å². The van der Waals surface area contributed by atoms with Crippen LogP contribution in [0.1, 0.15) is 19.4 Å². The number of amides is 1. The minimum absolute atomic E-state index is 0.113. The van der Waals surface area contributed by atoms with Crippen LogP contribution in [0, 0.1) is 11.6 Å². The Morgan fingerprint density at radius 3 is 2.36 bits per heavy atom. The Hall–Kier alpha value is -2.38. The summed E-state index contributed by atoms with van der Waals surface area (Å²) in [6.07, 6.45) is 0.156. The third-order valence-electron chi connectivity index (χ3n) is 4.67. The standard InChI is InChI=1S/C21H23F2N3OS/c1-3-25(4-2)11-12-26(20(27)13-15-5-7-16(22)8-6-15)21-24-18-10-9-17(23)14-19(18)28-21/h5-10,14H,3-4,11-13H2,1-2H3. The molecule has 0 bridgehead atoms. The lowest BCUT2D eigenvalue weighted by molar-refractivity contribution is -0.118. The molecule has 7 heteroatoms. The summed E-state index contributed by atoms with van der Waals surface area (Å²) in [4.78, 5) is 21.5. The lowest BCUT2D eigenvalue weighted by Crippen LogP contribution is -2.39. The Balaban J connectivity index is 1.86. The molecular formula is C21H23F2N3OS. The summed E-state index contributed by atoms with van der Waals surface area (Å²) < 4.78 is 27.4. The molecule has 1 heterocycles. The number of hydrogen-bond acceptors (Lipinski definition) is 4. The normalized spacial score (nSPS) is 11.3. The fraction of sp³-hybridized carbons (Fsp3) is 0.333. The van der Waals surface area contributed by atoms with Gasteiger partial charge < -0.3 is 4.90 Å². The number of thiazole rings is 1. The summed E-state index contributed by atoms with van der Waals surface area (Å²) in [5.74, 6) is -0.767. The Bertz CT molecular complexity index is 938. The molecule has 2 aromatic carbocycles. The molecule has 0 atom stereocenters. The third kappa shape index (κ3) is 4.91. The van der Waals surface area contributed by atoms with Crippen molar-refractivity contribution in [2.24, 2.45) is 0 Å². The molecule has 0 radical (unpaired) electrons. The van der Waals surface area contributed by atoms with Crippen molar-refractivity contribution in [2.45, 2.75) is 20.3 Å². The molecular weight excluding hydrogens is 380 g/mol. The van der Waals surface area contributed by atoms with Crippen molar-refractivity contribution < 1.29 is 13.6 Å². The molecule has 0 aliphatic heterocycles. The van der Waals surface area contributed by atoms with Gasteiger partial charge in [0.2, 0.25) is 5.91 Å². The third-order valence-corrected chi connectivity index (χ3v) is 5.72. The fourth-order valence-corrected chi connectivity index (χ4v) is 4.02. The predicted molar refractivity (Wildman–Crippen MR) is 110 cm³/mol. The molecule has 0 spiro atoms. The van der Waals surface area contributed by atoms with Crippen molar-refractivity contribution >= 4 is 32.6 Å². The first kappa shape index (κ1) is 20.4. The van der Waals surface area contributed by atoms with Crippen LogP contribution in [-0.4, -0.2) is 42.0 Å². The Kier molecular flexibility index (Phi) is 6.70. The summed E-state index contributed by atoms with van der Waals surface area (Å²) in [5.41, 5.74) is 1.41. The first-order chi connectivity index (χ1) is 13.5. The molecule has 0 aliphatic rings. The summed E-state index contributed by atoms with van der Waals surface area (Å²) in [6.45, 7) is 7.14. The maximum Gasteiger partial charge on any atom is 0.233 e.